The van der Waals surface area contributed by atoms with Gasteiger partial charge in [0.2, 0.25) is 0 Å². The first-order valence-electron chi connectivity index (χ1n) is 9.58. The second-order valence-corrected chi connectivity index (χ2v) is 7.21. The molecule has 4 rings (SSSR count). The van der Waals surface area contributed by atoms with Gasteiger partial charge in [0.1, 0.15) is 22.9 Å². The van der Waals surface area contributed by atoms with E-state index in [2.05, 4.69) is 6.07 Å². The normalized spacial score (nSPS) is 17.9. The zero-order chi connectivity index (χ0) is 19.6. The molecule has 0 saturated carbocycles. The molecule has 28 heavy (non-hydrogen) atoms. The highest BCUT2D eigenvalue weighted by molar-refractivity contribution is 5.78. The van der Waals surface area contributed by atoms with Gasteiger partial charge in [-0.1, -0.05) is 18.2 Å². The third kappa shape index (κ3) is 3.56. The molecule has 0 aliphatic carbocycles. The number of carbonyl (C=O) groups excluding carboxylic acids is 1. The lowest BCUT2D eigenvalue weighted by molar-refractivity contribution is -0.142. The SMILES string of the molecule is COc1cccc2c1C1(CCN(C(=O)COc3cccc(F)c3)CC1)OCC2. The molecule has 0 N–H and O–H groups in total. The van der Waals surface area contributed by atoms with E-state index in [9.17, 15) is 9.18 Å². The van der Waals surface area contributed by atoms with Gasteiger partial charge in [-0.2, -0.15) is 0 Å². The number of rotatable bonds is 4. The van der Waals surface area contributed by atoms with Crippen LogP contribution in [0.5, 0.6) is 11.5 Å². The summed E-state index contributed by atoms with van der Waals surface area (Å²) in [6, 6.07) is 11.9. The Balaban J connectivity index is 1.42. The van der Waals surface area contributed by atoms with E-state index in [-0.39, 0.29) is 18.3 Å². The lowest BCUT2D eigenvalue weighted by Crippen LogP contribution is -2.49. The second-order valence-electron chi connectivity index (χ2n) is 7.21. The van der Waals surface area contributed by atoms with Crippen molar-refractivity contribution >= 4 is 5.91 Å². The summed E-state index contributed by atoms with van der Waals surface area (Å²) in [6.07, 6.45) is 2.30. The Morgan fingerprint density at radius 1 is 1.21 bits per heavy atom. The highest BCUT2D eigenvalue weighted by Gasteiger charge is 2.43. The van der Waals surface area contributed by atoms with Crippen LogP contribution >= 0.6 is 0 Å². The van der Waals surface area contributed by atoms with Crippen LogP contribution in [0.2, 0.25) is 0 Å². The van der Waals surface area contributed by atoms with Crippen molar-refractivity contribution in [1.82, 2.24) is 4.90 Å². The molecular formula is C22H24FNO4. The Morgan fingerprint density at radius 2 is 2.00 bits per heavy atom. The summed E-state index contributed by atoms with van der Waals surface area (Å²) in [5, 5.41) is 0. The van der Waals surface area contributed by atoms with Crippen molar-refractivity contribution in [3.8, 4) is 11.5 Å². The molecule has 0 aromatic heterocycles. The molecule has 2 aliphatic heterocycles. The second kappa shape index (κ2) is 7.80. The minimum absolute atomic E-state index is 0.1000. The number of hydrogen-bond acceptors (Lipinski definition) is 4. The lowest BCUT2D eigenvalue weighted by atomic mass is 9.79. The minimum atomic E-state index is -0.402. The van der Waals surface area contributed by atoms with Crippen molar-refractivity contribution in [2.24, 2.45) is 0 Å². The van der Waals surface area contributed by atoms with Gasteiger partial charge in [0.15, 0.2) is 6.61 Å². The Bertz CT molecular complexity index is 847. The molecule has 1 fully saturated rings. The number of methoxy groups -OCH3 is 1. The van der Waals surface area contributed by atoms with Crippen molar-refractivity contribution in [3.63, 3.8) is 0 Å². The van der Waals surface area contributed by atoms with Crippen molar-refractivity contribution in [2.75, 3.05) is 33.4 Å². The number of ether oxygens (including phenoxy) is 3. The van der Waals surface area contributed by atoms with E-state index in [0.717, 1.165) is 17.7 Å². The number of nitrogens with zero attached hydrogens (tertiary/aromatic N) is 1. The molecule has 2 heterocycles. The van der Waals surface area contributed by atoms with Crippen LogP contribution in [0.1, 0.15) is 24.0 Å². The molecule has 2 aromatic carbocycles. The molecule has 1 spiro atoms. The molecular weight excluding hydrogens is 361 g/mol. The van der Waals surface area contributed by atoms with Gasteiger partial charge in [-0.05, 0) is 43.0 Å². The summed E-state index contributed by atoms with van der Waals surface area (Å²) in [5.41, 5.74) is 1.99. The molecule has 0 radical (unpaired) electrons. The topological polar surface area (TPSA) is 48.0 Å². The molecule has 0 atom stereocenters. The number of hydrogen-bond donors (Lipinski definition) is 0. The number of likely N-dealkylation sites (tertiary alicyclic amines) is 1. The van der Waals surface area contributed by atoms with Gasteiger partial charge in [0, 0.05) is 24.7 Å². The first-order valence-corrected chi connectivity index (χ1v) is 9.58. The van der Waals surface area contributed by atoms with E-state index in [1.54, 1.807) is 24.1 Å². The zero-order valence-electron chi connectivity index (χ0n) is 15.9. The van der Waals surface area contributed by atoms with Gasteiger partial charge in [0.05, 0.1) is 13.7 Å². The van der Waals surface area contributed by atoms with Crippen LogP contribution < -0.4 is 9.47 Å². The van der Waals surface area contributed by atoms with Crippen LogP contribution in [0, 0.1) is 5.82 Å². The quantitative estimate of drug-likeness (QED) is 0.810. The summed E-state index contributed by atoms with van der Waals surface area (Å²) < 4.78 is 30.5. The Morgan fingerprint density at radius 3 is 2.75 bits per heavy atom. The number of carbonyl (C=O) groups is 1. The van der Waals surface area contributed by atoms with E-state index < -0.39 is 5.60 Å². The monoisotopic (exact) mass is 385 g/mol. The highest BCUT2D eigenvalue weighted by atomic mass is 19.1. The predicted octanol–water partition coefficient (Wildman–Crippen LogP) is 3.30. The first-order chi connectivity index (χ1) is 13.6. The average molecular weight is 385 g/mol. The van der Waals surface area contributed by atoms with Crippen LogP contribution in [0.4, 0.5) is 4.39 Å². The highest BCUT2D eigenvalue weighted by Crippen LogP contribution is 2.45. The van der Waals surface area contributed by atoms with Gasteiger partial charge < -0.3 is 19.1 Å². The summed E-state index contributed by atoms with van der Waals surface area (Å²) in [5.74, 6) is 0.726. The Hall–Kier alpha value is -2.60. The van der Waals surface area contributed by atoms with Crippen molar-refractivity contribution in [3.05, 3.63) is 59.4 Å². The minimum Gasteiger partial charge on any atom is -0.496 e. The fourth-order valence-electron chi connectivity index (χ4n) is 4.21. The summed E-state index contributed by atoms with van der Waals surface area (Å²) in [6.45, 7) is 1.75. The standard InChI is InChI=1S/C22H24FNO4/c1-26-19-7-2-4-16-8-13-28-22(21(16)19)9-11-24(12-10-22)20(25)15-27-18-6-3-5-17(23)14-18/h2-7,14H,8-13,15H2,1H3. The fraction of sp³-hybridized carbons (Fsp3) is 0.409. The number of piperidine rings is 1. The number of halogens is 1. The van der Waals surface area contributed by atoms with E-state index in [1.807, 2.05) is 12.1 Å². The van der Waals surface area contributed by atoms with Crippen molar-refractivity contribution in [1.29, 1.82) is 0 Å². The molecule has 2 aliphatic rings. The first kappa shape index (κ1) is 18.7. The van der Waals surface area contributed by atoms with Crippen LogP contribution in [0.15, 0.2) is 42.5 Å². The van der Waals surface area contributed by atoms with Gasteiger partial charge in [0.25, 0.3) is 5.91 Å². The van der Waals surface area contributed by atoms with Crippen molar-refractivity contribution < 1.29 is 23.4 Å². The summed E-state index contributed by atoms with van der Waals surface area (Å²) in [4.78, 5) is 14.3. The van der Waals surface area contributed by atoms with E-state index >= 15 is 0 Å². The zero-order valence-corrected chi connectivity index (χ0v) is 15.9. The van der Waals surface area contributed by atoms with E-state index in [4.69, 9.17) is 14.2 Å². The smallest absolute Gasteiger partial charge is 0.260 e. The maximum absolute atomic E-state index is 13.2. The third-order valence-electron chi connectivity index (χ3n) is 5.62. The maximum atomic E-state index is 13.2. The van der Waals surface area contributed by atoms with Gasteiger partial charge >= 0.3 is 0 Å². The predicted molar refractivity (Wildman–Crippen MR) is 102 cm³/mol. The van der Waals surface area contributed by atoms with E-state index in [0.29, 0.717) is 38.3 Å². The molecule has 6 heteroatoms. The molecule has 1 amide bonds. The molecule has 5 nitrogen and oxygen atoms in total. The van der Waals surface area contributed by atoms with Gasteiger partial charge in [-0.15, -0.1) is 0 Å². The summed E-state index contributed by atoms with van der Waals surface area (Å²) >= 11 is 0. The van der Waals surface area contributed by atoms with Gasteiger partial charge in [-0.3, -0.25) is 4.79 Å². The third-order valence-corrected chi connectivity index (χ3v) is 5.62. The molecule has 1 saturated heterocycles. The van der Waals surface area contributed by atoms with Crippen LogP contribution in [-0.2, 0) is 21.6 Å². The molecule has 0 unspecified atom stereocenters. The largest absolute Gasteiger partial charge is 0.496 e. The van der Waals surface area contributed by atoms with Crippen LogP contribution in [-0.4, -0.2) is 44.2 Å². The molecule has 0 bridgehead atoms. The Kier molecular flexibility index (Phi) is 5.22. The fourth-order valence-corrected chi connectivity index (χ4v) is 4.21. The number of amides is 1. The average Bonchev–Trinajstić information content (AvgIpc) is 2.72. The Labute approximate surface area is 164 Å². The number of benzene rings is 2. The van der Waals surface area contributed by atoms with E-state index in [1.165, 1.54) is 17.7 Å². The lowest BCUT2D eigenvalue weighted by Gasteiger charge is -2.45. The summed E-state index contributed by atoms with van der Waals surface area (Å²) in [7, 11) is 1.68. The number of fused-ring (bicyclic) bond motifs is 2. The van der Waals surface area contributed by atoms with Crippen molar-refractivity contribution in [2.45, 2.75) is 24.9 Å². The molecule has 148 valence electrons. The maximum Gasteiger partial charge on any atom is 0.260 e. The molecule has 2 aromatic rings. The van der Waals surface area contributed by atoms with Crippen LogP contribution in [0.3, 0.4) is 0 Å². The van der Waals surface area contributed by atoms with Gasteiger partial charge in [-0.25, -0.2) is 4.39 Å². The van der Waals surface area contributed by atoms with Crippen LogP contribution in [0.25, 0.3) is 0 Å².